The van der Waals surface area contributed by atoms with Crippen LogP contribution < -0.4 is 9.47 Å². The summed E-state index contributed by atoms with van der Waals surface area (Å²) in [6.45, 7) is 0. The maximum Gasteiger partial charge on any atom is 0.337 e. The molecule has 4 rings (SSSR count). The predicted octanol–water partition coefficient (Wildman–Crippen LogP) is 3.13. The fraction of sp³-hybridized carbons (Fsp3) is 0.292. The van der Waals surface area contributed by atoms with Crippen LogP contribution in [-0.4, -0.2) is 49.0 Å². The molecular weight excluding hydrogens is 444 g/mol. The summed E-state index contributed by atoms with van der Waals surface area (Å²) in [6.07, 6.45) is 0.0140. The summed E-state index contributed by atoms with van der Waals surface area (Å²) in [7, 11) is 4.32. The Kier molecular flexibility index (Phi) is 6.06. The fourth-order valence-electron chi connectivity index (χ4n) is 4.18. The summed E-state index contributed by atoms with van der Waals surface area (Å²) < 4.78 is 15.3. The molecule has 170 valence electrons. The van der Waals surface area contributed by atoms with Gasteiger partial charge < -0.3 is 19.3 Å². The number of nitrogens with zero attached hydrogens (tertiary/aromatic N) is 2. The Labute approximate surface area is 195 Å². The summed E-state index contributed by atoms with van der Waals surface area (Å²) in [6, 6.07) is 13.9. The van der Waals surface area contributed by atoms with Crippen molar-refractivity contribution < 1.29 is 28.9 Å². The normalized spacial score (nSPS) is 22.0. The third kappa shape index (κ3) is 3.71. The van der Waals surface area contributed by atoms with Gasteiger partial charge in [-0.25, -0.2) is 4.79 Å². The number of fused-ring (bicyclic) bond motifs is 1. The van der Waals surface area contributed by atoms with E-state index in [0.717, 1.165) is 5.56 Å². The van der Waals surface area contributed by atoms with E-state index in [1.807, 2.05) is 0 Å². The number of nitriles is 1. The van der Waals surface area contributed by atoms with E-state index < -0.39 is 17.6 Å². The molecule has 33 heavy (non-hydrogen) atoms. The van der Waals surface area contributed by atoms with Gasteiger partial charge in [0.2, 0.25) is 5.91 Å². The Morgan fingerprint density at radius 3 is 2.45 bits per heavy atom. The van der Waals surface area contributed by atoms with Gasteiger partial charge in [-0.05, 0) is 29.8 Å². The van der Waals surface area contributed by atoms with Crippen molar-refractivity contribution in [3.8, 4) is 17.6 Å². The van der Waals surface area contributed by atoms with Gasteiger partial charge in [-0.1, -0.05) is 18.2 Å². The maximum absolute atomic E-state index is 13.3. The van der Waals surface area contributed by atoms with Crippen LogP contribution in [0.2, 0.25) is 0 Å². The molecule has 2 aromatic rings. The SMILES string of the molecule is COC(=O)c1ccc([C@@H]2CC(=O)N3C(=C2C#N)SC[C@@]3(O)c2ccc(OC)c(OC)c2)cc1. The topological polar surface area (TPSA) is 109 Å². The molecule has 0 bridgehead atoms. The first-order valence-corrected chi connectivity index (χ1v) is 11.1. The molecule has 0 aliphatic carbocycles. The second kappa shape index (κ2) is 8.81. The minimum atomic E-state index is -1.63. The molecule has 0 spiro atoms. The molecule has 1 fully saturated rings. The molecular formula is C24H22N2O6S. The van der Waals surface area contributed by atoms with Crippen molar-refractivity contribution in [1.82, 2.24) is 4.90 Å². The number of carbonyl (C=O) groups excluding carboxylic acids is 2. The van der Waals surface area contributed by atoms with Gasteiger partial charge in [0.15, 0.2) is 17.2 Å². The van der Waals surface area contributed by atoms with E-state index in [-0.39, 0.29) is 18.1 Å². The quantitative estimate of drug-likeness (QED) is 0.670. The summed E-state index contributed by atoms with van der Waals surface area (Å²) >= 11 is 1.26. The minimum absolute atomic E-state index is 0.0140. The Bertz CT molecular complexity index is 1190. The van der Waals surface area contributed by atoms with E-state index in [1.165, 1.54) is 38.0 Å². The summed E-state index contributed by atoms with van der Waals surface area (Å²) in [5.74, 6) is -0.126. The van der Waals surface area contributed by atoms with Crippen LogP contribution in [-0.2, 0) is 15.3 Å². The molecule has 9 heteroatoms. The molecule has 2 heterocycles. The Balaban J connectivity index is 1.74. The number of allylic oxidation sites excluding steroid dienone is 1. The molecule has 0 unspecified atom stereocenters. The third-order valence-corrected chi connectivity index (χ3v) is 7.11. The van der Waals surface area contributed by atoms with Gasteiger partial charge in [0, 0.05) is 17.9 Å². The molecule has 2 atom stereocenters. The van der Waals surface area contributed by atoms with Crippen molar-refractivity contribution in [2.24, 2.45) is 0 Å². The number of hydrogen-bond donors (Lipinski definition) is 1. The molecule has 1 N–H and O–H groups in total. The van der Waals surface area contributed by atoms with Crippen molar-refractivity contribution in [1.29, 1.82) is 5.26 Å². The van der Waals surface area contributed by atoms with Gasteiger partial charge >= 0.3 is 5.97 Å². The number of methoxy groups -OCH3 is 3. The van der Waals surface area contributed by atoms with E-state index in [1.54, 1.807) is 42.5 Å². The Morgan fingerprint density at radius 1 is 1.15 bits per heavy atom. The predicted molar refractivity (Wildman–Crippen MR) is 121 cm³/mol. The van der Waals surface area contributed by atoms with E-state index >= 15 is 0 Å². The highest BCUT2D eigenvalue weighted by Crippen LogP contribution is 2.52. The highest BCUT2D eigenvalue weighted by Gasteiger charge is 2.52. The minimum Gasteiger partial charge on any atom is -0.493 e. The zero-order valence-corrected chi connectivity index (χ0v) is 19.1. The van der Waals surface area contributed by atoms with Crippen LogP contribution in [0.15, 0.2) is 53.1 Å². The van der Waals surface area contributed by atoms with Crippen LogP contribution in [0.25, 0.3) is 0 Å². The van der Waals surface area contributed by atoms with Gasteiger partial charge in [-0.2, -0.15) is 5.26 Å². The van der Waals surface area contributed by atoms with Crippen LogP contribution in [0, 0.1) is 11.3 Å². The molecule has 1 saturated heterocycles. The number of aliphatic hydroxyl groups is 1. The molecule has 2 aliphatic heterocycles. The second-order valence-electron chi connectivity index (χ2n) is 7.61. The fourth-order valence-corrected chi connectivity index (χ4v) is 5.54. The van der Waals surface area contributed by atoms with Crippen molar-refractivity contribution in [2.45, 2.75) is 18.1 Å². The Hall–Kier alpha value is -3.48. The molecule has 1 amide bonds. The number of hydrogen-bond acceptors (Lipinski definition) is 8. The lowest BCUT2D eigenvalue weighted by atomic mass is 9.85. The highest BCUT2D eigenvalue weighted by molar-refractivity contribution is 8.03. The second-order valence-corrected chi connectivity index (χ2v) is 8.57. The third-order valence-electron chi connectivity index (χ3n) is 5.89. The largest absolute Gasteiger partial charge is 0.493 e. The first-order chi connectivity index (χ1) is 15.9. The lowest BCUT2D eigenvalue weighted by Gasteiger charge is -2.38. The number of carbonyl (C=O) groups is 2. The molecule has 8 nitrogen and oxygen atoms in total. The lowest BCUT2D eigenvalue weighted by Crippen LogP contribution is -2.48. The number of amides is 1. The summed E-state index contributed by atoms with van der Waals surface area (Å²) in [4.78, 5) is 26.3. The number of rotatable bonds is 5. The summed E-state index contributed by atoms with van der Waals surface area (Å²) in [5, 5.41) is 22.0. The lowest BCUT2D eigenvalue weighted by molar-refractivity contribution is -0.149. The monoisotopic (exact) mass is 466 g/mol. The van der Waals surface area contributed by atoms with Crippen LogP contribution >= 0.6 is 11.8 Å². The highest BCUT2D eigenvalue weighted by atomic mass is 32.2. The average Bonchev–Trinajstić information content (AvgIpc) is 3.22. The molecule has 2 aliphatic rings. The average molecular weight is 467 g/mol. The van der Waals surface area contributed by atoms with Gasteiger partial charge in [0.05, 0.1) is 49.3 Å². The number of benzene rings is 2. The van der Waals surface area contributed by atoms with Gasteiger partial charge in [0.25, 0.3) is 0 Å². The zero-order chi connectivity index (χ0) is 23.8. The van der Waals surface area contributed by atoms with Crippen molar-refractivity contribution in [3.05, 3.63) is 69.8 Å². The standard InChI is InChI=1S/C24H22N2O6S/c1-30-19-9-8-16(10-20(19)31-2)24(29)13-33-22-18(12-25)17(11-21(27)26(22)24)14-4-6-15(7-5-14)23(28)32-3/h4-10,17,29H,11,13H2,1-3H3/t17-,24+/m0/s1. The number of thioether (sulfide) groups is 1. The molecule has 0 aromatic heterocycles. The molecule has 0 radical (unpaired) electrons. The Morgan fingerprint density at radius 2 is 1.85 bits per heavy atom. The van der Waals surface area contributed by atoms with Gasteiger partial charge in [-0.15, -0.1) is 11.8 Å². The number of esters is 1. The van der Waals surface area contributed by atoms with Crippen molar-refractivity contribution in [3.63, 3.8) is 0 Å². The van der Waals surface area contributed by atoms with Crippen molar-refractivity contribution >= 4 is 23.6 Å². The first kappa shape index (κ1) is 22.7. The van der Waals surface area contributed by atoms with Crippen molar-refractivity contribution in [2.75, 3.05) is 27.1 Å². The van der Waals surface area contributed by atoms with E-state index in [0.29, 0.717) is 33.2 Å². The smallest absolute Gasteiger partial charge is 0.337 e. The van der Waals surface area contributed by atoms with Crippen LogP contribution in [0.4, 0.5) is 0 Å². The van der Waals surface area contributed by atoms with E-state index in [9.17, 15) is 20.0 Å². The van der Waals surface area contributed by atoms with Crippen LogP contribution in [0.1, 0.15) is 33.8 Å². The molecule has 0 saturated carbocycles. The van der Waals surface area contributed by atoms with E-state index in [4.69, 9.17) is 14.2 Å². The zero-order valence-electron chi connectivity index (χ0n) is 18.3. The van der Waals surface area contributed by atoms with Gasteiger partial charge in [-0.3, -0.25) is 9.69 Å². The first-order valence-electron chi connectivity index (χ1n) is 10.1. The molecule has 2 aromatic carbocycles. The number of ether oxygens (including phenoxy) is 3. The van der Waals surface area contributed by atoms with Crippen LogP contribution in [0.5, 0.6) is 11.5 Å². The van der Waals surface area contributed by atoms with Crippen LogP contribution in [0.3, 0.4) is 0 Å². The maximum atomic E-state index is 13.3. The van der Waals surface area contributed by atoms with E-state index in [2.05, 4.69) is 6.07 Å². The van der Waals surface area contributed by atoms with Gasteiger partial charge in [0.1, 0.15) is 0 Å². The summed E-state index contributed by atoms with van der Waals surface area (Å²) in [5.41, 5.74) is 0.366.